The quantitative estimate of drug-likeness (QED) is 0.704. The molecular weight excluding hydrogens is 323 g/mol. The van der Waals surface area contributed by atoms with E-state index in [4.69, 9.17) is 17.3 Å². The lowest BCUT2D eigenvalue weighted by Crippen LogP contribution is -2.26. The van der Waals surface area contributed by atoms with Gasteiger partial charge < -0.3 is 5.73 Å². The van der Waals surface area contributed by atoms with Crippen molar-refractivity contribution in [1.29, 1.82) is 0 Å². The molecule has 0 saturated carbocycles. The molecular formula is C18H19ClF3N. The Morgan fingerprint density at radius 3 is 2.00 bits per heavy atom. The van der Waals surface area contributed by atoms with Crippen LogP contribution in [0.3, 0.4) is 0 Å². The molecule has 1 nitrogen and oxygen atoms in total. The summed E-state index contributed by atoms with van der Waals surface area (Å²) >= 11 is 6.02. The SMILES string of the molecule is CC(C)(C)C(N)c1ccc(-c2c(Cl)cccc2C(F)(F)F)cc1. The number of hydrogen-bond acceptors (Lipinski definition) is 1. The fourth-order valence-electron chi connectivity index (χ4n) is 2.41. The zero-order chi connectivity index (χ0) is 17.4. The van der Waals surface area contributed by atoms with Crippen LogP contribution in [-0.4, -0.2) is 0 Å². The Hall–Kier alpha value is -1.52. The van der Waals surface area contributed by atoms with Crippen LogP contribution in [0.2, 0.25) is 5.02 Å². The summed E-state index contributed by atoms with van der Waals surface area (Å²) in [6.07, 6.45) is -4.46. The van der Waals surface area contributed by atoms with Gasteiger partial charge >= 0.3 is 6.18 Å². The van der Waals surface area contributed by atoms with Crippen LogP contribution in [0.15, 0.2) is 42.5 Å². The largest absolute Gasteiger partial charge is 0.417 e. The van der Waals surface area contributed by atoms with Crippen molar-refractivity contribution < 1.29 is 13.2 Å². The summed E-state index contributed by atoms with van der Waals surface area (Å²) in [5.74, 6) is 0. The lowest BCUT2D eigenvalue weighted by Gasteiger charge is -2.27. The number of benzene rings is 2. The van der Waals surface area contributed by atoms with Crippen molar-refractivity contribution in [3.05, 3.63) is 58.6 Å². The van der Waals surface area contributed by atoms with Gasteiger partial charge in [-0.15, -0.1) is 0 Å². The molecule has 23 heavy (non-hydrogen) atoms. The Morgan fingerprint density at radius 2 is 1.52 bits per heavy atom. The average molecular weight is 342 g/mol. The first-order valence-corrected chi connectivity index (χ1v) is 7.61. The van der Waals surface area contributed by atoms with Gasteiger partial charge in [0.1, 0.15) is 0 Å². The second-order valence-corrected chi connectivity index (χ2v) is 7.03. The molecule has 5 heteroatoms. The Bertz CT molecular complexity index is 685. The third-order valence-corrected chi connectivity index (χ3v) is 4.13. The average Bonchev–Trinajstić information content (AvgIpc) is 2.44. The maximum absolute atomic E-state index is 13.2. The van der Waals surface area contributed by atoms with Gasteiger partial charge in [-0.25, -0.2) is 0 Å². The van der Waals surface area contributed by atoms with Crippen LogP contribution < -0.4 is 5.73 Å². The second-order valence-electron chi connectivity index (χ2n) is 6.63. The maximum atomic E-state index is 13.2. The molecule has 0 aliphatic carbocycles. The molecule has 0 fully saturated rings. The topological polar surface area (TPSA) is 26.0 Å². The molecule has 2 rings (SSSR count). The highest BCUT2D eigenvalue weighted by molar-refractivity contribution is 6.33. The van der Waals surface area contributed by atoms with Gasteiger partial charge in [-0.05, 0) is 28.7 Å². The van der Waals surface area contributed by atoms with E-state index in [9.17, 15) is 13.2 Å². The van der Waals surface area contributed by atoms with E-state index < -0.39 is 11.7 Å². The summed E-state index contributed by atoms with van der Waals surface area (Å²) in [4.78, 5) is 0. The molecule has 0 aliphatic rings. The third kappa shape index (κ3) is 3.88. The minimum Gasteiger partial charge on any atom is -0.324 e. The molecule has 2 N–H and O–H groups in total. The van der Waals surface area contributed by atoms with Crippen LogP contribution in [0.5, 0.6) is 0 Å². The fourth-order valence-corrected chi connectivity index (χ4v) is 2.69. The smallest absolute Gasteiger partial charge is 0.324 e. The molecule has 2 aromatic carbocycles. The molecule has 0 spiro atoms. The molecule has 0 aliphatic heterocycles. The fraction of sp³-hybridized carbons (Fsp3) is 0.333. The van der Waals surface area contributed by atoms with E-state index in [1.165, 1.54) is 12.1 Å². The predicted molar refractivity (Wildman–Crippen MR) is 88.3 cm³/mol. The molecule has 0 saturated heterocycles. The van der Waals surface area contributed by atoms with E-state index in [0.717, 1.165) is 11.6 Å². The van der Waals surface area contributed by atoms with Crippen LogP contribution in [-0.2, 0) is 6.18 Å². The van der Waals surface area contributed by atoms with Crippen molar-refractivity contribution in [1.82, 2.24) is 0 Å². The van der Waals surface area contributed by atoms with Crippen molar-refractivity contribution in [2.45, 2.75) is 33.0 Å². The standard InChI is InChI=1S/C18H19ClF3N/c1-17(2,3)16(23)12-9-7-11(8-10-12)15-13(18(20,21)22)5-4-6-14(15)19/h4-10,16H,23H2,1-3H3. The molecule has 124 valence electrons. The predicted octanol–water partition coefficient (Wildman–Crippen LogP) is 6.07. The summed E-state index contributed by atoms with van der Waals surface area (Å²) < 4.78 is 39.6. The van der Waals surface area contributed by atoms with E-state index >= 15 is 0 Å². The van der Waals surface area contributed by atoms with Crippen molar-refractivity contribution >= 4 is 11.6 Å². The first-order valence-electron chi connectivity index (χ1n) is 7.23. The van der Waals surface area contributed by atoms with Gasteiger partial charge in [0.2, 0.25) is 0 Å². The minimum absolute atomic E-state index is 0.00227. The summed E-state index contributed by atoms with van der Waals surface area (Å²) in [6.45, 7) is 6.05. The Labute approximate surface area is 139 Å². The second kappa shape index (κ2) is 6.17. The highest BCUT2D eigenvalue weighted by Gasteiger charge is 2.34. The number of alkyl halides is 3. The zero-order valence-electron chi connectivity index (χ0n) is 13.2. The van der Waals surface area contributed by atoms with E-state index in [2.05, 4.69) is 0 Å². The van der Waals surface area contributed by atoms with Crippen LogP contribution >= 0.6 is 11.6 Å². The monoisotopic (exact) mass is 341 g/mol. The van der Waals surface area contributed by atoms with Crippen LogP contribution in [0, 0.1) is 5.41 Å². The van der Waals surface area contributed by atoms with E-state index in [1.54, 1.807) is 24.3 Å². The number of halogens is 4. The lowest BCUT2D eigenvalue weighted by atomic mass is 9.82. The number of rotatable bonds is 2. The molecule has 0 amide bonds. The Balaban J connectivity index is 2.49. The minimum atomic E-state index is -4.46. The van der Waals surface area contributed by atoms with E-state index in [1.807, 2.05) is 20.8 Å². The van der Waals surface area contributed by atoms with Gasteiger partial charge in [-0.1, -0.05) is 62.7 Å². The van der Waals surface area contributed by atoms with Crippen LogP contribution in [0.25, 0.3) is 11.1 Å². The van der Waals surface area contributed by atoms with Gasteiger partial charge in [0.15, 0.2) is 0 Å². The molecule has 0 aromatic heterocycles. The van der Waals surface area contributed by atoms with Gasteiger partial charge in [-0.2, -0.15) is 13.2 Å². The summed E-state index contributed by atoms with van der Waals surface area (Å²) in [5, 5.41) is 0.0766. The van der Waals surface area contributed by atoms with Gasteiger partial charge in [0.25, 0.3) is 0 Å². The van der Waals surface area contributed by atoms with Crippen LogP contribution in [0.1, 0.15) is 37.9 Å². The highest BCUT2D eigenvalue weighted by atomic mass is 35.5. The molecule has 0 radical (unpaired) electrons. The first-order chi connectivity index (χ1) is 10.5. The van der Waals surface area contributed by atoms with Gasteiger partial charge in [0.05, 0.1) is 5.56 Å². The molecule has 0 heterocycles. The normalized spacial score (nSPS) is 13.9. The van der Waals surface area contributed by atoms with Crippen molar-refractivity contribution in [3.8, 4) is 11.1 Å². The molecule has 2 aromatic rings. The molecule has 1 atom stereocenters. The Kier molecular flexibility index (Phi) is 4.79. The summed E-state index contributed by atoms with van der Waals surface area (Å²) in [5.41, 5.74) is 6.61. The van der Waals surface area contributed by atoms with Gasteiger partial charge in [0, 0.05) is 16.6 Å². The molecule has 1 unspecified atom stereocenters. The summed E-state index contributed by atoms with van der Waals surface area (Å²) in [6, 6.07) is 10.4. The maximum Gasteiger partial charge on any atom is 0.417 e. The third-order valence-electron chi connectivity index (χ3n) is 3.81. The number of hydrogen-bond donors (Lipinski definition) is 1. The lowest BCUT2D eigenvalue weighted by molar-refractivity contribution is -0.137. The van der Waals surface area contributed by atoms with Crippen molar-refractivity contribution in [3.63, 3.8) is 0 Å². The highest BCUT2D eigenvalue weighted by Crippen LogP contribution is 2.41. The van der Waals surface area contributed by atoms with E-state index in [0.29, 0.717) is 5.56 Å². The number of nitrogens with two attached hydrogens (primary N) is 1. The van der Waals surface area contributed by atoms with Crippen molar-refractivity contribution in [2.24, 2.45) is 11.1 Å². The van der Waals surface area contributed by atoms with Crippen LogP contribution in [0.4, 0.5) is 13.2 Å². The first kappa shape index (κ1) is 17.8. The summed E-state index contributed by atoms with van der Waals surface area (Å²) in [7, 11) is 0. The van der Waals surface area contributed by atoms with Gasteiger partial charge in [-0.3, -0.25) is 0 Å². The van der Waals surface area contributed by atoms with E-state index in [-0.39, 0.29) is 22.0 Å². The Morgan fingerprint density at radius 1 is 0.957 bits per heavy atom. The molecule has 0 bridgehead atoms. The van der Waals surface area contributed by atoms with Crippen molar-refractivity contribution in [2.75, 3.05) is 0 Å². The zero-order valence-corrected chi connectivity index (χ0v) is 14.0.